The molecule has 0 fully saturated rings. The van der Waals surface area contributed by atoms with Crippen molar-refractivity contribution in [3.8, 4) is 11.5 Å². The van der Waals surface area contributed by atoms with Crippen LogP contribution in [0.3, 0.4) is 0 Å². The van der Waals surface area contributed by atoms with Gasteiger partial charge in [-0.25, -0.2) is 4.98 Å². The second-order valence-corrected chi connectivity index (χ2v) is 7.66. The Morgan fingerprint density at radius 2 is 1.48 bits per heavy atom. The molecule has 0 spiro atoms. The van der Waals surface area contributed by atoms with E-state index in [1.165, 1.54) is 11.1 Å². The van der Waals surface area contributed by atoms with Gasteiger partial charge in [0.2, 0.25) is 5.89 Å². The zero-order valence-corrected chi connectivity index (χ0v) is 17.3. The molecule has 1 aromatic heterocycles. The van der Waals surface area contributed by atoms with Crippen LogP contribution in [0.1, 0.15) is 47.4 Å². The van der Waals surface area contributed by atoms with Crippen molar-refractivity contribution < 1.29 is 14.0 Å². The van der Waals surface area contributed by atoms with Gasteiger partial charge in [0, 0.05) is 12.0 Å². The number of Topliss-reactive ketones (excluding diaryl/α,β-unsaturated/α-hetero) is 2. The van der Waals surface area contributed by atoms with E-state index in [2.05, 4.69) is 36.2 Å². The number of nitrogens with zero attached hydrogens (tertiary/aromatic N) is 1. The van der Waals surface area contributed by atoms with Crippen LogP contribution in [0, 0.1) is 20.8 Å². The van der Waals surface area contributed by atoms with Crippen molar-refractivity contribution in [1.29, 1.82) is 0 Å². The summed E-state index contributed by atoms with van der Waals surface area (Å²) < 4.78 is 5.72. The maximum atomic E-state index is 12.3. The van der Waals surface area contributed by atoms with Gasteiger partial charge >= 0.3 is 0 Å². The molecule has 0 aliphatic heterocycles. The highest BCUT2D eigenvalue weighted by molar-refractivity contribution is 5.99. The Hall–Kier alpha value is -3.01. The third kappa shape index (κ3) is 5.98. The highest BCUT2D eigenvalue weighted by Crippen LogP contribution is 2.22. The number of ketones is 2. The van der Waals surface area contributed by atoms with Gasteiger partial charge < -0.3 is 4.42 Å². The first-order valence-corrected chi connectivity index (χ1v) is 10.0. The first kappa shape index (κ1) is 20.7. The smallest absolute Gasteiger partial charge is 0.226 e. The van der Waals surface area contributed by atoms with Gasteiger partial charge in [-0.1, -0.05) is 47.5 Å². The number of benzene rings is 2. The highest BCUT2D eigenvalue weighted by atomic mass is 16.4. The minimum atomic E-state index is -0.114. The molecule has 0 saturated heterocycles. The summed E-state index contributed by atoms with van der Waals surface area (Å²) in [6, 6.07) is 16.2. The van der Waals surface area contributed by atoms with E-state index in [0.717, 1.165) is 24.0 Å². The third-order valence-electron chi connectivity index (χ3n) is 4.99. The van der Waals surface area contributed by atoms with Gasteiger partial charge in [-0.05, 0) is 51.3 Å². The first-order valence-electron chi connectivity index (χ1n) is 10.0. The minimum absolute atomic E-state index is 0.0120. The molecule has 2 aromatic carbocycles. The van der Waals surface area contributed by atoms with Crippen LogP contribution in [0.5, 0.6) is 0 Å². The van der Waals surface area contributed by atoms with E-state index in [0.29, 0.717) is 23.8 Å². The molecule has 3 rings (SSSR count). The number of carbonyl (C=O) groups excluding carboxylic acids is 2. The van der Waals surface area contributed by atoms with Crippen LogP contribution < -0.4 is 0 Å². The van der Waals surface area contributed by atoms with Crippen LogP contribution in [-0.2, 0) is 22.4 Å². The molecule has 0 aliphatic rings. The van der Waals surface area contributed by atoms with Crippen molar-refractivity contribution in [2.45, 2.75) is 52.9 Å². The molecule has 4 heteroatoms. The Balaban J connectivity index is 1.49. The van der Waals surface area contributed by atoms with Crippen molar-refractivity contribution >= 4 is 11.6 Å². The minimum Gasteiger partial charge on any atom is -0.441 e. The lowest BCUT2D eigenvalue weighted by Gasteiger charge is -2.02. The second kappa shape index (κ2) is 9.46. The quantitative estimate of drug-likeness (QED) is 0.462. The molecular weight excluding hydrogens is 362 g/mol. The fourth-order valence-electron chi connectivity index (χ4n) is 3.21. The zero-order valence-electron chi connectivity index (χ0n) is 17.3. The van der Waals surface area contributed by atoms with Crippen molar-refractivity contribution in [2.24, 2.45) is 0 Å². The van der Waals surface area contributed by atoms with Crippen LogP contribution >= 0.6 is 0 Å². The molecule has 1 heterocycles. The molecule has 0 bridgehead atoms. The number of aromatic nitrogens is 1. The molecule has 0 aliphatic carbocycles. The SMILES string of the molecule is Cc1ccc(CCCC(=O)CC(=O)Cc2nc(-c3ccc(C)cc3)oc2C)cc1. The average molecular weight is 389 g/mol. The fraction of sp³-hybridized carbons (Fsp3) is 0.320. The van der Waals surface area contributed by atoms with Crippen molar-refractivity contribution in [1.82, 2.24) is 4.98 Å². The Kier molecular flexibility index (Phi) is 6.76. The van der Waals surface area contributed by atoms with Crippen LogP contribution in [-0.4, -0.2) is 16.6 Å². The second-order valence-electron chi connectivity index (χ2n) is 7.66. The fourth-order valence-corrected chi connectivity index (χ4v) is 3.21. The molecule has 0 amide bonds. The Morgan fingerprint density at radius 3 is 2.14 bits per heavy atom. The lowest BCUT2D eigenvalue weighted by Crippen LogP contribution is -2.11. The Labute approximate surface area is 172 Å². The summed E-state index contributed by atoms with van der Waals surface area (Å²) in [7, 11) is 0. The molecule has 0 N–H and O–H groups in total. The summed E-state index contributed by atoms with van der Waals surface area (Å²) in [4.78, 5) is 29.0. The number of rotatable bonds is 9. The van der Waals surface area contributed by atoms with Crippen LogP contribution in [0.2, 0.25) is 0 Å². The van der Waals surface area contributed by atoms with E-state index in [9.17, 15) is 9.59 Å². The normalized spacial score (nSPS) is 10.9. The summed E-state index contributed by atoms with van der Waals surface area (Å²) >= 11 is 0. The van der Waals surface area contributed by atoms with Crippen molar-refractivity contribution in [2.75, 3.05) is 0 Å². The monoisotopic (exact) mass is 389 g/mol. The summed E-state index contributed by atoms with van der Waals surface area (Å²) in [5.74, 6) is 1.01. The van der Waals surface area contributed by atoms with E-state index in [4.69, 9.17) is 4.42 Å². The summed E-state index contributed by atoms with van der Waals surface area (Å²) in [6.07, 6.45) is 2.12. The third-order valence-corrected chi connectivity index (χ3v) is 4.99. The van der Waals surface area contributed by atoms with Gasteiger partial charge in [-0.2, -0.15) is 0 Å². The van der Waals surface area contributed by atoms with Gasteiger partial charge in [-0.15, -0.1) is 0 Å². The van der Waals surface area contributed by atoms with Crippen molar-refractivity contribution in [3.05, 3.63) is 76.7 Å². The van der Waals surface area contributed by atoms with Crippen molar-refractivity contribution in [3.63, 3.8) is 0 Å². The van der Waals surface area contributed by atoms with Crippen LogP contribution in [0.4, 0.5) is 0 Å². The van der Waals surface area contributed by atoms with Crippen LogP contribution in [0.15, 0.2) is 52.9 Å². The maximum absolute atomic E-state index is 12.3. The van der Waals surface area contributed by atoms with E-state index < -0.39 is 0 Å². The maximum Gasteiger partial charge on any atom is 0.226 e. The summed E-state index contributed by atoms with van der Waals surface area (Å²) in [5.41, 5.74) is 5.09. The Morgan fingerprint density at radius 1 is 0.862 bits per heavy atom. The number of hydrogen-bond donors (Lipinski definition) is 0. The summed E-state index contributed by atoms with van der Waals surface area (Å²) in [6.45, 7) is 5.88. The molecule has 29 heavy (non-hydrogen) atoms. The predicted octanol–water partition coefficient (Wildman–Crippen LogP) is 5.36. The molecular formula is C25H27NO3. The average Bonchev–Trinajstić information content (AvgIpc) is 3.04. The van der Waals surface area contributed by atoms with E-state index >= 15 is 0 Å². The van der Waals surface area contributed by atoms with E-state index in [-0.39, 0.29) is 24.4 Å². The van der Waals surface area contributed by atoms with Gasteiger partial charge in [-0.3, -0.25) is 9.59 Å². The lowest BCUT2D eigenvalue weighted by atomic mass is 10.0. The Bertz CT molecular complexity index is 982. The number of hydrogen-bond acceptors (Lipinski definition) is 4. The zero-order chi connectivity index (χ0) is 20.8. The van der Waals surface area contributed by atoms with E-state index in [1.807, 2.05) is 31.2 Å². The molecule has 0 unspecified atom stereocenters. The largest absolute Gasteiger partial charge is 0.441 e. The van der Waals surface area contributed by atoms with Gasteiger partial charge in [0.1, 0.15) is 17.3 Å². The number of carbonyl (C=O) groups is 2. The molecule has 3 aromatic rings. The highest BCUT2D eigenvalue weighted by Gasteiger charge is 2.17. The predicted molar refractivity (Wildman–Crippen MR) is 114 cm³/mol. The lowest BCUT2D eigenvalue weighted by molar-refractivity contribution is -0.126. The summed E-state index contributed by atoms with van der Waals surface area (Å²) in [5, 5.41) is 0. The topological polar surface area (TPSA) is 60.2 Å². The molecule has 0 radical (unpaired) electrons. The van der Waals surface area contributed by atoms with Gasteiger partial charge in [0.15, 0.2) is 0 Å². The first-order chi connectivity index (χ1) is 13.9. The molecule has 150 valence electrons. The van der Waals surface area contributed by atoms with E-state index in [1.54, 1.807) is 6.92 Å². The van der Waals surface area contributed by atoms with Gasteiger partial charge in [0.25, 0.3) is 0 Å². The standard InChI is InChI=1S/C25H27NO3/c1-17-7-11-20(12-8-17)5-4-6-22(27)15-23(28)16-24-19(3)29-25(26-24)21-13-9-18(2)10-14-21/h7-14H,4-6,15-16H2,1-3H3. The number of oxazole rings is 1. The van der Waals surface area contributed by atoms with Gasteiger partial charge in [0.05, 0.1) is 18.5 Å². The molecule has 4 nitrogen and oxygen atoms in total. The van der Waals surface area contributed by atoms with Crippen LogP contribution in [0.25, 0.3) is 11.5 Å². The molecule has 0 atom stereocenters. The number of aryl methyl sites for hydroxylation is 4. The molecule has 0 saturated carbocycles.